The van der Waals surface area contributed by atoms with Crippen LogP contribution in [0.25, 0.3) is 0 Å². The zero-order valence-electron chi connectivity index (χ0n) is 16.3. The second-order valence-electron chi connectivity index (χ2n) is 7.61. The van der Waals surface area contributed by atoms with Crippen LogP contribution in [-0.2, 0) is 13.1 Å². The second kappa shape index (κ2) is 7.86. The van der Waals surface area contributed by atoms with Crippen LogP contribution in [0.5, 0.6) is 5.75 Å². The van der Waals surface area contributed by atoms with Gasteiger partial charge in [0.1, 0.15) is 17.4 Å². The SMILES string of the molecule is CCn1c(CN2CCN(c3cccc(OC)c3)CC2)nnc1C1CC(N)C1. The standard InChI is InChI=1S/C20H30N6O/c1-3-26-19(22-23-20(26)15-11-16(21)12-15)14-24-7-9-25(10-8-24)17-5-4-6-18(13-17)27-2/h4-6,13,15-16H,3,7-12,14,21H2,1-2H3. The van der Waals surface area contributed by atoms with E-state index in [1.165, 1.54) is 5.69 Å². The minimum Gasteiger partial charge on any atom is -0.497 e. The highest BCUT2D eigenvalue weighted by atomic mass is 16.5. The van der Waals surface area contributed by atoms with E-state index in [2.05, 4.69) is 49.7 Å². The van der Waals surface area contributed by atoms with Crippen molar-refractivity contribution in [2.24, 2.45) is 5.73 Å². The summed E-state index contributed by atoms with van der Waals surface area (Å²) in [5.74, 6) is 3.62. The summed E-state index contributed by atoms with van der Waals surface area (Å²) in [5, 5.41) is 9.01. The summed E-state index contributed by atoms with van der Waals surface area (Å²) in [6.45, 7) is 8.04. The minimum atomic E-state index is 0.338. The number of ether oxygens (including phenoxy) is 1. The lowest BCUT2D eigenvalue weighted by Crippen LogP contribution is -2.46. The lowest BCUT2D eigenvalue weighted by atomic mass is 9.80. The lowest BCUT2D eigenvalue weighted by molar-refractivity contribution is 0.239. The molecule has 1 aliphatic heterocycles. The summed E-state index contributed by atoms with van der Waals surface area (Å²) in [6, 6.07) is 8.65. The van der Waals surface area contributed by atoms with Gasteiger partial charge in [0.25, 0.3) is 0 Å². The maximum absolute atomic E-state index is 5.95. The van der Waals surface area contributed by atoms with Crippen LogP contribution in [-0.4, -0.2) is 59.0 Å². The van der Waals surface area contributed by atoms with E-state index in [4.69, 9.17) is 10.5 Å². The molecule has 1 saturated heterocycles. The normalized spacial score (nSPS) is 23.3. The van der Waals surface area contributed by atoms with E-state index in [1.807, 2.05) is 6.07 Å². The molecular formula is C20H30N6O. The molecule has 7 heteroatoms. The molecule has 2 aliphatic rings. The van der Waals surface area contributed by atoms with Crippen molar-refractivity contribution in [1.29, 1.82) is 0 Å². The lowest BCUT2D eigenvalue weighted by Gasteiger charge is -2.36. The van der Waals surface area contributed by atoms with E-state index in [0.29, 0.717) is 12.0 Å². The van der Waals surface area contributed by atoms with E-state index in [-0.39, 0.29) is 0 Å². The molecule has 0 bridgehead atoms. The fourth-order valence-corrected chi connectivity index (χ4v) is 4.16. The summed E-state index contributed by atoms with van der Waals surface area (Å²) in [5.41, 5.74) is 7.19. The molecular weight excluding hydrogens is 340 g/mol. The van der Waals surface area contributed by atoms with E-state index >= 15 is 0 Å². The monoisotopic (exact) mass is 370 g/mol. The fourth-order valence-electron chi connectivity index (χ4n) is 4.16. The van der Waals surface area contributed by atoms with Crippen molar-refractivity contribution in [3.8, 4) is 5.75 Å². The predicted molar refractivity (Wildman–Crippen MR) is 106 cm³/mol. The Morgan fingerprint density at radius 1 is 1.15 bits per heavy atom. The number of methoxy groups -OCH3 is 1. The molecule has 0 atom stereocenters. The van der Waals surface area contributed by atoms with Crippen molar-refractivity contribution >= 4 is 5.69 Å². The third kappa shape index (κ3) is 3.80. The molecule has 1 aliphatic carbocycles. The number of rotatable bonds is 6. The third-order valence-corrected chi connectivity index (χ3v) is 5.87. The molecule has 27 heavy (non-hydrogen) atoms. The van der Waals surface area contributed by atoms with Gasteiger partial charge in [0.2, 0.25) is 0 Å². The molecule has 1 saturated carbocycles. The van der Waals surface area contributed by atoms with Crippen molar-refractivity contribution in [2.45, 2.75) is 44.8 Å². The summed E-state index contributed by atoms with van der Waals surface area (Å²) in [6.07, 6.45) is 2.08. The maximum atomic E-state index is 5.95. The predicted octanol–water partition coefficient (Wildman–Crippen LogP) is 1.83. The molecule has 4 rings (SSSR count). The van der Waals surface area contributed by atoms with Gasteiger partial charge in [0, 0.05) is 56.4 Å². The van der Waals surface area contributed by atoms with Crippen molar-refractivity contribution < 1.29 is 4.74 Å². The molecule has 2 fully saturated rings. The molecule has 2 N–H and O–H groups in total. The number of nitrogens with two attached hydrogens (primary N) is 1. The van der Waals surface area contributed by atoms with Crippen LogP contribution in [0.1, 0.15) is 37.3 Å². The second-order valence-corrected chi connectivity index (χ2v) is 7.61. The average Bonchev–Trinajstić information content (AvgIpc) is 3.08. The van der Waals surface area contributed by atoms with Crippen LogP contribution in [0.4, 0.5) is 5.69 Å². The van der Waals surface area contributed by atoms with Gasteiger partial charge in [-0.15, -0.1) is 10.2 Å². The summed E-state index contributed by atoms with van der Waals surface area (Å²) < 4.78 is 7.65. The Balaban J connectivity index is 1.36. The molecule has 0 amide bonds. The quantitative estimate of drug-likeness (QED) is 0.836. The molecule has 7 nitrogen and oxygen atoms in total. The summed E-state index contributed by atoms with van der Waals surface area (Å²) >= 11 is 0. The number of nitrogens with zero attached hydrogens (tertiary/aromatic N) is 5. The number of hydrogen-bond donors (Lipinski definition) is 1. The van der Waals surface area contributed by atoms with Gasteiger partial charge >= 0.3 is 0 Å². The van der Waals surface area contributed by atoms with Crippen LogP contribution >= 0.6 is 0 Å². The Labute approximate surface area is 161 Å². The van der Waals surface area contributed by atoms with E-state index in [9.17, 15) is 0 Å². The van der Waals surface area contributed by atoms with Crippen molar-refractivity contribution in [2.75, 3.05) is 38.2 Å². The molecule has 0 radical (unpaired) electrons. The molecule has 0 unspecified atom stereocenters. The van der Waals surface area contributed by atoms with Crippen molar-refractivity contribution in [1.82, 2.24) is 19.7 Å². The maximum Gasteiger partial charge on any atom is 0.147 e. The van der Waals surface area contributed by atoms with Gasteiger partial charge in [-0.2, -0.15) is 0 Å². The van der Waals surface area contributed by atoms with Gasteiger partial charge in [-0.25, -0.2) is 0 Å². The van der Waals surface area contributed by atoms with Crippen LogP contribution < -0.4 is 15.4 Å². The fraction of sp³-hybridized carbons (Fsp3) is 0.600. The number of anilines is 1. The molecule has 0 spiro atoms. The summed E-state index contributed by atoms with van der Waals surface area (Å²) in [7, 11) is 1.71. The molecule has 2 heterocycles. The smallest absolute Gasteiger partial charge is 0.147 e. The highest BCUT2D eigenvalue weighted by molar-refractivity contribution is 5.51. The van der Waals surface area contributed by atoms with Gasteiger partial charge in [-0.3, -0.25) is 4.90 Å². The van der Waals surface area contributed by atoms with Crippen molar-refractivity contribution in [3.05, 3.63) is 35.9 Å². The number of hydrogen-bond acceptors (Lipinski definition) is 6. The minimum absolute atomic E-state index is 0.338. The van der Waals surface area contributed by atoms with E-state index < -0.39 is 0 Å². The summed E-state index contributed by atoms with van der Waals surface area (Å²) in [4.78, 5) is 4.90. The highest BCUT2D eigenvalue weighted by Crippen LogP contribution is 2.35. The van der Waals surface area contributed by atoms with E-state index in [1.54, 1.807) is 7.11 Å². The van der Waals surface area contributed by atoms with Crippen LogP contribution in [0.3, 0.4) is 0 Å². The van der Waals surface area contributed by atoms with Gasteiger partial charge in [0.15, 0.2) is 0 Å². The van der Waals surface area contributed by atoms with E-state index in [0.717, 1.165) is 69.5 Å². The van der Waals surface area contributed by atoms with Crippen molar-refractivity contribution in [3.63, 3.8) is 0 Å². The Hall–Kier alpha value is -2.12. The first-order valence-electron chi connectivity index (χ1n) is 9.96. The zero-order valence-corrected chi connectivity index (χ0v) is 16.3. The number of piperazine rings is 1. The molecule has 1 aromatic carbocycles. The largest absolute Gasteiger partial charge is 0.497 e. The third-order valence-electron chi connectivity index (χ3n) is 5.87. The van der Waals surface area contributed by atoms with Gasteiger partial charge in [0.05, 0.1) is 13.7 Å². The number of benzene rings is 1. The zero-order chi connectivity index (χ0) is 18.8. The Morgan fingerprint density at radius 3 is 2.59 bits per heavy atom. The first kappa shape index (κ1) is 18.3. The van der Waals surface area contributed by atoms with Gasteiger partial charge in [-0.05, 0) is 31.9 Å². The van der Waals surface area contributed by atoms with Gasteiger partial charge < -0.3 is 19.9 Å². The highest BCUT2D eigenvalue weighted by Gasteiger charge is 2.32. The topological polar surface area (TPSA) is 72.4 Å². The molecule has 1 aromatic heterocycles. The Bertz CT molecular complexity index is 762. The van der Waals surface area contributed by atoms with Crippen LogP contribution in [0.2, 0.25) is 0 Å². The van der Waals surface area contributed by atoms with Gasteiger partial charge in [-0.1, -0.05) is 6.07 Å². The first-order valence-corrected chi connectivity index (χ1v) is 9.96. The van der Waals surface area contributed by atoms with Crippen LogP contribution in [0.15, 0.2) is 24.3 Å². The Kier molecular flexibility index (Phi) is 5.31. The molecule has 2 aromatic rings. The number of aromatic nitrogens is 3. The Morgan fingerprint density at radius 2 is 1.93 bits per heavy atom. The van der Waals surface area contributed by atoms with Crippen LogP contribution in [0, 0.1) is 0 Å². The first-order chi connectivity index (χ1) is 13.2. The molecule has 146 valence electrons. The average molecular weight is 371 g/mol.